The van der Waals surface area contributed by atoms with E-state index in [-0.39, 0.29) is 17.4 Å². The first-order valence-electron chi connectivity index (χ1n) is 7.60. The molecule has 1 fully saturated rings. The Morgan fingerprint density at radius 1 is 1.24 bits per heavy atom. The zero-order valence-corrected chi connectivity index (χ0v) is 14.6. The van der Waals surface area contributed by atoms with Crippen molar-refractivity contribution in [3.8, 4) is 5.75 Å². The summed E-state index contributed by atoms with van der Waals surface area (Å²) >= 11 is 0. The van der Waals surface area contributed by atoms with Crippen LogP contribution in [-0.2, 0) is 10.2 Å². The Kier molecular flexibility index (Phi) is 5.63. The average Bonchev–Trinajstić information content (AvgIpc) is 3.00. The van der Waals surface area contributed by atoms with E-state index in [1.807, 2.05) is 0 Å². The van der Waals surface area contributed by atoms with Crippen molar-refractivity contribution in [2.45, 2.75) is 31.8 Å². The maximum Gasteiger partial charge on any atom is 0.338 e. The van der Waals surface area contributed by atoms with Crippen LogP contribution in [-0.4, -0.2) is 49.9 Å². The molecule has 1 saturated carbocycles. The van der Waals surface area contributed by atoms with E-state index in [1.165, 1.54) is 14.1 Å². The number of nitrogens with one attached hydrogen (secondary N) is 1. The van der Waals surface area contributed by atoms with Crippen molar-refractivity contribution in [2.24, 2.45) is 0 Å². The number of carboxylic acids is 1. The smallest absolute Gasteiger partial charge is 0.338 e. The van der Waals surface area contributed by atoms with Crippen LogP contribution >= 0.6 is 0 Å². The third-order valence-electron chi connectivity index (χ3n) is 3.84. The summed E-state index contributed by atoms with van der Waals surface area (Å²) in [5.41, 5.74) is -1.03. The number of carbonyl (C=O) groups is 2. The lowest BCUT2D eigenvalue weighted by atomic mass is 10.1. The maximum absolute atomic E-state index is 14.0. The van der Waals surface area contributed by atoms with E-state index in [9.17, 15) is 22.4 Å². The van der Waals surface area contributed by atoms with Crippen LogP contribution in [0.2, 0.25) is 0 Å². The predicted octanol–water partition coefficient (Wildman–Crippen LogP) is 1.38. The van der Waals surface area contributed by atoms with Crippen LogP contribution in [0, 0.1) is 5.82 Å². The Labute approximate surface area is 144 Å². The maximum atomic E-state index is 14.0. The lowest BCUT2D eigenvalue weighted by Crippen LogP contribution is -2.39. The highest BCUT2D eigenvalue weighted by Gasteiger charge is 2.26. The molecular formula is C15H19FN2O6S. The fourth-order valence-corrected chi connectivity index (χ4v) is 2.97. The van der Waals surface area contributed by atoms with Gasteiger partial charge in [-0.25, -0.2) is 13.9 Å². The standard InChI is InChI=1S/C15H19FN2O6S/c1-18(2)25(22,23)17-14(19)11-7-12(16)10(15(20)21)8-13(11)24-9-5-3-4-6-9/h7-9H,3-6H2,1-2H3,(H,17,19)(H,20,21). The zero-order chi connectivity index (χ0) is 18.8. The Morgan fingerprint density at radius 3 is 2.36 bits per heavy atom. The zero-order valence-electron chi connectivity index (χ0n) is 13.8. The highest BCUT2D eigenvalue weighted by atomic mass is 32.2. The van der Waals surface area contributed by atoms with Gasteiger partial charge in [0.1, 0.15) is 11.6 Å². The van der Waals surface area contributed by atoms with E-state index in [0.29, 0.717) is 6.07 Å². The van der Waals surface area contributed by atoms with Gasteiger partial charge in [0.2, 0.25) is 0 Å². The predicted molar refractivity (Wildman–Crippen MR) is 86.3 cm³/mol. The van der Waals surface area contributed by atoms with Crippen LogP contribution < -0.4 is 9.46 Å². The van der Waals surface area contributed by atoms with E-state index < -0.39 is 33.5 Å². The molecule has 25 heavy (non-hydrogen) atoms. The SMILES string of the molecule is CN(C)S(=O)(=O)NC(=O)c1cc(F)c(C(=O)O)cc1OC1CCCC1. The lowest BCUT2D eigenvalue weighted by molar-refractivity contribution is 0.0689. The van der Waals surface area contributed by atoms with Gasteiger partial charge in [-0.1, -0.05) is 0 Å². The molecule has 0 saturated heterocycles. The summed E-state index contributed by atoms with van der Waals surface area (Å²) < 4.78 is 45.8. The number of ether oxygens (including phenoxy) is 1. The summed E-state index contributed by atoms with van der Waals surface area (Å²) in [4.78, 5) is 23.4. The number of nitrogens with zero attached hydrogens (tertiary/aromatic N) is 1. The highest BCUT2D eigenvalue weighted by molar-refractivity contribution is 7.87. The molecule has 0 spiro atoms. The van der Waals surface area contributed by atoms with Crippen LogP contribution in [0.5, 0.6) is 5.75 Å². The molecule has 1 aromatic carbocycles. The number of amides is 1. The molecule has 1 aliphatic rings. The first-order chi connectivity index (χ1) is 11.6. The van der Waals surface area contributed by atoms with Crippen molar-refractivity contribution >= 4 is 22.1 Å². The van der Waals surface area contributed by atoms with Crippen LogP contribution in [0.3, 0.4) is 0 Å². The quantitative estimate of drug-likeness (QED) is 0.778. The molecular weight excluding hydrogens is 355 g/mol. The fraction of sp³-hybridized carbons (Fsp3) is 0.467. The first kappa shape index (κ1) is 19.1. The van der Waals surface area contributed by atoms with E-state index in [4.69, 9.17) is 9.84 Å². The third-order valence-corrected chi connectivity index (χ3v) is 5.25. The molecule has 0 atom stereocenters. The van der Waals surface area contributed by atoms with E-state index in [2.05, 4.69) is 0 Å². The lowest BCUT2D eigenvalue weighted by Gasteiger charge is -2.18. The van der Waals surface area contributed by atoms with Crippen molar-refractivity contribution < 1.29 is 32.2 Å². The molecule has 1 aliphatic carbocycles. The van der Waals surface area contributed by atoms with Gasteiger partial charge in [0.05, 0.1) is 17.2 Å². The summed E-state index contributed by atoms with van der Waals surface area (Å²) in [6.07, 6.45) is 3.06. The first-order valence-corrected chi connectivity index (χ1v) is 9.04. The normalized spacial score (nSPS) is 15.4. The number of rotatable bonds is 6. The molecule has 0 aromatic heterocycles. The summed E-state index contributed by atoms with van der Waals surface area (Å²) in [6, 6.07) is 1.58. The van der Waals surface area contributed by atoms with Crippen molar-refractivity contribution in [1.29, 1.82) is 0 Å². The molecule has 0 unspecified atom stereocenters. The van der Waals surface area contributed by atoms with Gasteiger partial charge in [-0.15, -0.1) is 0 Å². The third kappa shape index (κ3) is 4.45. The van der Waals surface area contributed by atoms with E-state index in [1.54, 1.807) is 4.72 Å². The average molecular weight is 374 g/mol. The van der Waals surface area contributed by atoms with E-state index in [0.717, 1.165) is 36.1 Å². The second-order valence-corrected chi connectivity index (χ2v) is 7.76. The fourth-order valence-electron chi connectivity index (χ4n) is 2.44. The molecule has 0 radical (unpaired) electrons. The summed E-state index contributed by atoms with van der Waals surface area (Å²) in [5.74, 6) is -3.92. The van der Waals surface area contributed by atoms with Crippen LogP contribution in [0.25, 0.3) is 0 Å². The molecule has 2 N–H and O–H groups in total. The molecule has 1 amide bonds. The van der Waals surface area contributed by atoms with Gasteiger partial charge in [0, 0.05) is 14.1 Å². The van der Waals surface area contributed by atoms with Crippen molar-refractivity contribution in [3.63, 3.8) is 0 Å². The number of aromatic carboxylic acids is 1. The minimum absolute atomic E-state index is 0.155. The Bertz CT molecular complexity index is 787. The van der Waals surface area contributed by atoms with Gasteiger partial charge >= 0.3 is 16.2 Å². The second kappa shape index (κ2) is 7.36. The number of halogens is 1. The van der Waals surface area contributed by atoms with Gasteiger partial charge in [0.25, 0.3) is 5.91 Å². The minimum atomic E-state index is -4.09. The van der Waals surface area contributed by atoms with Crippen molar-refractivity contribution in [1.82, 2.24) is 9.03 Å². The molecule has 2 rings (SSSR count). The van der Waals surface area contributed by atoms with Gasteiger partial charge in [-0.2, -0.15) is 12.7 Å². The molecule has 0 heterocycles. The number of hydrogen-bond donors (Lipinski definition) is 2. The van der Waals surface area contributed by atoms with Crippen molar-refractivity contribution in [2.75, 3.05) is 14.1 Å². The highest BCUT2D eigenvalue weighted by Crippen LogP contribution is 2.29. The van der Waals surface area contributed by atoms with Crippen LogP contribution in [0.1, 0.15) is 46.4 Å². The second-order valence-electron chi connectivity index (χ2n) is 5.88. The summed E-state index contributed by atoms with van der Waals surface area (Å²) in [5, 5.41) is 9.04. The molecule has 0 aliphatic heterocycles. The number of carbonyl (C=O) groups excluding carboxylic acids is 1. The number of hydrogen-bond acceptors (Lipinski definition) is 5. The Morgan fingerprint density at radius 2 is 1.84 bits per heavy atom. The Hall–Kier alpha value is -2.20. The molecule has 10 heteroatoms. The minimum Gasteiger partial charge on any atom is -0.490 e. The topological polar surface area (TPSA) is 113 Å². The monoisotopic (exact) mass is 374 g/mol. The van der Waals surface area contributed by atoms with Crippen LogP contribution in [0.15, 0.2) is 12.1 Å². The molecule has 8 nitrogen and oxygen atoms in total. The van der Waals surface area contributed by atoms with Gasteiger partial charge in [-0.05, 0) is 37.8 Å². The largest absolute Gasteiger partial charge is 0.490 e. The molecule has 0 bridgehead atoms. The van der Waals surface area contributed by atoms with Gasteiger partial charge in [-0.3, -0.25) is 4.79 Å². The van der Waals surface area contributed by atoms with Gasteiger partial charge < -0.3 is 9.84 Å². The van der Waals surface area contributed by atoms with E-state index >= 15 is 0 Å². The molecule has 1 aromatic rings. The summed E-state index contributed by atoms with van der Waals surface area (Å²) in [7, 11) is -1.65. The number of carboxylic acid groups (broad SMARTS) is 1. The van der Waals surface area contributed by atoms with Crippen LogP contribution in [0.4, 0.5) is 4.39 Å². The molecule has 138 valence electrons. The van der Waals surface area contributed by atoms with Crippen molar-refractivity contribution in [3.05, 3.63) is 29.1 Å². The Balaban J connectivity index is 2.41. The summed E-state index contributed by atoms with van der Waals surface area (Å²) in [6.45, 7) is 0. The van der Waals surface area contributed by atoms with Gasteiger partial charge in [0.15, 0.2) is 0 Å². The number of benzene rings is 1.